The molecule has 18 heavy (non-hydrogen) atoms. The van der Waals surface area contributed by atoms with Gasteiger partial charge >= 0.3 is 0 Å². The van der Waals surface area contributed by atoms with Crippen LogP contribution in [0.1, 0.15) is 15.9 Å². The predicted octanol–water partition coefficient (Wildman–Crippen LogP) is 0.696. The topological polar surface area (TPSA) is 68.0 Å². The van der Waals surface area contributed by atoms with Crippen LogP contribution in [-0.2, 0) is 13.0 Å². The van der Waals surface area contributed by atoms with Gasteiger partial charge in [-0.1, -0.05) is 29.5 Å². The Hall–Kier alpha value is -2.01. The average molecular weight is 243 g/mol. The summed E-state index contributed by atoms with van der Waals surface area (Å²) in [7, 11) is 0. The van der Waals surface area contributed by atoms with Crippen molar-refractivity contribution in [3.05, 3.63) is 47.8 Å². The van der Waals surface area contributed by atoms with Gasteiger partial charge in [-0.15, -0.1) is 5.10 Å². The molecule has 0 saturated heterocycles. The number of hydrogen-bond donors (Lipinski definition) is 1. The first-order valence-electron chi connectivity index (χ1n) is 5.83. The van der Waals surface area contributed by atoms with Crippen LogP contribution < -0.4 is 0 Å². The number of nitrogens with zero attached hydrogens (tertiary/aromatic N) is 3. The monoisotopic (exact) mass is 243 g/mol. The molecule has 5 heteroatoms. The van der Waals surface area contributed by atoms with Crippen LogP contribution in [0, 0.1) is 5.41 Å². The van der Waals surface area contributed by atoms with Crippen molar-refractivity contribution in [2.45, 2.75) is 13.0 Å². The van der Waals surface area contributed by atoms with Crippen LogP contribution in [0.2, 0.25) is 0 Å². The van der Waals surface area contributed by atoms with E-state index in [0.717, 1.165) is 5.56 Å². The van der Waals surface area contributed by atoms with Gasteiger partial charge in [0.25, 0.3) is 0 Å². The zero-order valence-electron chi connectivity index (χ0n) is 9.78. The highest BCUT2D eigenvalue weighted by Gasteiger charge is 2.45. The molecule has 0 spiro atoms. The van der Waals surface area contributed by atoms with Gasteiger partial charge in [-0.25, -0.2) is 0 Å². The summed E-state index contributed by atoms with van der Waals surface area (Å²) in [5, 5.41) is 17.3. The third-order valence-corrected chi connectivity index (χ3v) is 3.51. The highest BCUT2D eigenvalue weighted by Crippen LogP contribution is 2.37. The number of carbonyl (C=O) groups excluding carboxylic acids is 1. The standard InChI is InChI=1S/C13H13N3O2/c17-9-13(8-16-6-5-14-15-16)7-10-3-1-2-4-11(10)12(13)18/h1-6,17H,7-9H2. The van der Waals surface area contributed by atoms with Gasteiger partial charge in [-0.05, 0) is 12.0 Å². The van der Waals surface area contributed by atoms with Crippen molar-refractivity contribution in [2.75, 3.05) is 6.61 Å². The minimum atomic E-state index is -0.794. The first-order valence-corrected chi connectivity index (χ1v) is 5.83. The summed E-state index contributed by atoms with van der Waals surface area (Å²) >= 11 is 0. The quantitative estimate of drug-likeness (QED) is 0.861. The number of benzene rings is 1. The van der Waals surface area contributed by atoms with Gasteiger partial charge in [0.1, 0.15) is 0 Å². The molecule has 1 heterocycles. The predicted molar refractivity (Wildman–Crippen MR) is 64.0 cm³/mol. The van der Waals surface area contributed by atoms with Crippen LogP contribution in [-0.4, -0.2) is 32.5 Å². The molecule has 1 unspecified atom stereocenters. The highest BCUT2D eigenvalue weighted by atomic mass is 16.3. The van der Waals surface area contributed by atoms with Crippen molar-refractivity contribution >= 4 is 5.78 Å². The lowest BCUT2D eigenvalue weighted by atomic mass is 9.84. The number of fused-ring (bicyclic) bond motifs is 1. The maximum atomic E-state index is 12.5. The SMILES string of the molecule is O=C1c2ccccc2CC1(CO)Cn1ccnn1. The largest absolute Gasteiger partial charge is 0.395 e. The van der Waals surface area contributed by atoms with Crippen molar-refractivity contribution in [1.82, 2.24) is 15.0 Å². The minimum Gasteiger partial charge on any atom is -0.395 e. The van der Waals surface area contributed by atoms with Crippen molar-refractivity contribution in [2.24, 2.45) is 5.41 Å². The van der Waals surface area contributed by atoms with Crippen LogP contribution in [0.15, 0.2) is 36.7 Å². The minimum absolute atomic E-state index is 0.00361. The van der Waals surface area contributed by atoms with Gasteiger partial charge in [-0.2, -0.15) is 0 Å². The zero-order valence-corrected chi connectivity index (χ0v) is 9.78. The second-order valence-electron chi connectivity index (χ2n) is 4.70. The second-order valence-corrected chi connectivity index (χ2v) is 4.70. The lowest BCUT2D eigenvalue weighted by molar-refractivity contribution is 0.0613. The lowest BCUT2D eigenvalue weighted by Crippen LogP contribution is -2.37. The molecule has 1 aliphatic carbocycles. The fraction of sp³-hybridized carbons (Fsp3) is 0.308. The Morgan fingerprint density at radius 1 is 1.39 bits per heavy atom. The maximum Gasteiger partial charge on any atom is 0.173 e. The fourth-order valence-corrected chi connectivity index (χ4v) is 2.56. The summed E-state index contributed by atoms with van der Waals surface area (Å²) in [6.07, 6.45) is 3.82. The molecule has 1 aromatic heterocycles. The van der Waals surface area contributed by atoms with E-state index < -0.39 is 5.41 Å². The van der Waals surface area contributed by atoms with E-state index in [1.54, 1.807) is 17.1 Å². The lowest BCUT2D eigenvalue weighted by Gasteiger charge is -2.24. The van der Waals surface area contributed by atoms with Gasteiger partial charge in [0.05, 0.1) is 24.8 Å². The summed E-state index contributed by atoms with van der Waals surface area (Å²) in [6.45, 7) is 0.178. The van der Waals surface area contributed by atoms with E-state index in [2.05, 4.69) is 10.3 Å². The van der Waals surface area contributed by atoms with Gasteiger partial charge in [0.2, 0.25) is 0 Å². The van der Waals surface area contributed by atoms with E-state index in [4.69, 9.17) is 0 Å². The molecule has 0 amide bonds. The number of aliphatic hydroxyl groups is 1. The third kappa shape index (κ3) is 1.55. The van der Waals surface area contributed by atoms with Crippen molar-refractivity contribution in [1.29, 1.82) is 0 Å². The number of Topliss-reactive ketones (excluding diaryl/α,β-unsaturated/α-hetero) is 1. The average Bonchev–Trinajstić information content (AvgIpc) is 2.99. The molecule has 0 aliphatic heterocycles. The molecule has 1 aliphatic rings. The molecular weight excluding hydrogens is 230 g/mol. The van der Waals surface area contributed by atoms with Crippen LogP contribution in [0.3, 0.4) is 0 Å². The molecule has 1 atom stereocenters. The Labute approximate surface area is 104 Å². The summed E-state index contributed by atoms with van der Waals surface area (Å²) in [6, 6.07) is 7.51. The Morgan fingerprint density at radius 3 is 2.89 bits per heavy atom. The van der Waals surface area contributed by atoms with Gasteiger partial charge in [-0.3, -0.25) is 9.48 Å². The third-order valence-electron chi connectivity index (χ3n) is 3.51. The van der Waals surface area contributed by atoms with Crippen molar-refractivity contribution in [3.8, 4) is 0 Å². The molecule has 0 bridgehead atoms. The zero-order chi connectivity index (χ0) is 12.6. The molecule has 3 rings (SSSR count). The number of carbonyl (C=O) groups is 1. The van der Waals surface area contributed by atoms with Crippen molar-refractivity contribution < 1.29 is 9.90 Å². The van der Waals surface area contributed by atoms with Crippen LogP contribution in [0.4, 0.5) is 0 Å². The summed E-state index contributed by atoms with van der Waals surface area (Å²) in [5.41, 5.74) is 0.917. The number of ketones is 1. The van der Waals surface area contributed by atoms with Crippen molar-refractivity contribution in [3.63, 3.8) is 0 Å². The van der Waals surface area contributed by atoms with E-state index in [1.165, 1.54) is 0 Å². The highest BCUT2D eigenvalue weighted by molar-refractivity contribution is 6.05. The smallest absolute Gasteiger partial charge is 0.173 e. The van der Waals surface area contributed by atoms with Crippen LogP contribution >= 0.6 is 0 Å². The van der Waals surface area contributed by atoms with Gasteiger partial charge < -0.3 is 5.11 Å². The number of rotatable bonds is 3. The molecule has 0 fully saturated rings. The first kappa shape index (κ1) is 11.1. The summed E-state index contributed by atoms with van der Waals surface area (Å²) in [4.78, 5) is 12.5. The molecule has 0 radical (unpaired) electrons. The fourth-order valence-electron chi connectivity index (χ4n) is 2.56. The molecule has 1 N–H and O–H groups in total. The number of hydrogen-bond acceptors (Lipinski definition) is 4. The molecular formula is C13H13N3O2. The molecule has 0 saturated carbocycles. The van der Waals surface area contributed by atoms with Gasteiger partial charge in [0, 0.05) is 11.8 Å². The molecule has 1 aromatic carbocycles. The van der Waals surface area contributed by atoms with E-state index in [9.17, 15) is 9.90 Å². The number of aliphatic hydroxyl groups excluding tert-OH is 1. The van der Waals surface area contributed by atoms with E-state index >= 15 is 0 Å². The second kappa shape index (κ2) is 4.03. The van der Waals surface area contributed by atoms with Gasteiger partial charge in [0.15, 0.2) is 5.78 Å². The molecule has 92 valence electrons. The van der Waals surface area contributed by atoms with Crippen LogP contribution in [0.25, 0.3) is 0 Å². The normalized spacial score (nSPS) is 22.2. The van der Waals surface area contributed by atoms with Crippen LogP contribution in [0.5, 0.6) is 0 Å². The Balaban J connectivity index is 1.98. The van der Waals surface area contributed by atoms with E-state index in [-0.39, 0.29) is 12.4 Å². The first-order chi connectivity index (χ1) is 8.75. The maximum absolute atomic E-state index is 12.5. The van der Waals surface area contributed by atoms with E-state index in [0.29, 0.717) is 18.5 Å². The molecule has 5 nitrogen and oxygen atoms in total. The Kier molecular flexibility index (Phi) is 2.48. The number of aromatic nitrogens is 3. The Morgan fingerprint density at radius 2 is 2.22 bits per heavy atom. The summed E-state index contributed by atoms with van der Waals surface area (Å²) < 4.78 is 1.60. The summed E-state index contributed by atoms with van der Waals surface area (Å²) in [5.74, 6) is -0.00361. The molecule has 2 aromatic rings. The van der Waals surface area contributed by atoms with E-state index in [1.807, 2.05) is 24.3 Å². The Bertz CT molecular complexity index is 576.